The van der Waals surface area contributed by atoms with Gasteiger partial charge in [-0.15, -0.1) is 0 Å². The molecule has 2 aromatic heterocycles. The maximum absolute atomic E-state index is 13.7. The molecule has 0 saturated carbocycles. The minimum absolute atomic E-state index is 0.0948. The SMILES string of the molecule is CC[C@@H]1C[C@H](N(Cc2cc(C(F)(F)F)cc(C(F)(F)F)c2)c2ncc(-c3cnn(C)c3)cn2)C[C@H](CC)N1C(=O)OCCC(=O)OC. The summed E-state index contributed by atoms with van der Waals surface area (Å²) in [5.74, 6) is -0.434. The fraction of sp³-hybridized carbons (Fsp3) is 0.516. The molecule has 0 bridgehead atoms. The number of benzene rings is 1. The summed E-state index contributed by atoms with van der Waals surface area (Å²) in [6, 6.07) is 0.237. The van der Waals surface area contributed by atoms with Gasteiger partial charge in [0.05, 0.1) is 30.9 Å². The quantitative estimate of drug-likeness (QED) is 0.175. The second kappa shape index (κ2) is 14.6. The van der Waals surface area contributed by atoms with Gasteiger partial charge in [-0.05, 0) is 49.4 Å². The summed E-state index contributed by atoms with van der Waals surface area (Å²) in [4.78, 5) is 36.8. The Morgan fingerprint density at radius 1 is 0.915 bits per heavy atom. The molecule has 0 aliphatic carbocycles. The van der Waals surface area contributed by atoms with Crippen LogP contribution < -0.4 is 4.90 Å². The second-order valence-electron chi connectivity index (χ2n) is 11.3. The van der Waals surface area contributed by atoms with E-state index in [1.165, 1.54) is 19.5 Å². The van der Waals surface area contributed by atoms with Gasteiger partial charge in [0.15, 0.2) is 0 Å². The average molecular weight is 671 g/mol. The zero-order chi connectivity index (χ0) is 34.5. The Hall–Kier alpha value is -4.37. The van der Waals surface area contributed by atoms with Crippen molar-refractivity contribution in [3.8, 4) is 11.1 Å². The van der Waals surface area contributed by atoms with Crippen LogP contribution in [0, 0.1) is 0 Å². The van der Waals surface area contributed by atoms with E-state index in [4.69, 9.17) is 4.74 Å². The summed E-state index contributed by atoms with van der Waals surface area (Å²) in [6.45, 7) is 3.18. The molecule has 16 heteroatoms. The molecule has 256 valence electrons. The predicted molar refractivity (Wildman–Crippen MR) is 158 cm³/mol. The number of piperidine rings is 1. The number of methoxy groups -OCH3 is 1. The fourth-order valence-electron chi connectivity index (χ4n) is 5.79. The van der Waals surface area contributed by atoms with Gasteiger partial charge in [-0.3, -0.25) is 9.48 Å². The van der Waals surface area contributed by atoms with Crippen molar-refractivity contribution in [3.05, 3.63) is 59.7 Å². The number of aromatic nitrogens is 4. The number of hydrogen-bond donors (Lipinski definition) is 0. The van der Waals surface area contributed by atoms with Crippen LogP contribution in [0.25, 0.3) is 11.1 Å². The molecule has 1 amide bonds. The minimum atomic E-state index is -5.01. The molecule has 47 heavy (non-hydrogen) atoms. The molecule has 3 aromatic rings. The number of carbonyl (C=O) groups is 2. The van der Waals surface area contributed by atoms with Gasteiger partial charge in [0.1, 0.15) is 6.61 Å². The first kappa shape index (κ1) is 35.5. The Kier molecular flexibility index (Phi) is 11.0. The molecule has 0 unspecified atom stereocenters. The van der Waals surface area contributed by atoms with Crippen molar-refractivity contribution in [1.29, 1.82) is 0 Å². The third-order valence-corrected chi connectivity index (χ3v) is 8.16. The topological polar surface area (TPSA) is 103 Å². The number of aryl methyl sites for hydroxylation is 1. The van der Waals surface area contributed by atoms with Crippen LogP contribution in [-0.2, 0) is 40.2 Å². The van der Waals surface area contributed by atoms with Gasteiger partial charge in [0, 0.05) is 61.4 Å². The first-order chi connectivity index (χ1) is 22.1. The van der Waals surface area contributed by atoms with Gasteiger partial charge < -0.3 is 19.3 Å². The standard InChI is InChI=1S/C31H36F6N6O4/c1-5-24-12-26(13-25(6-2)43(24)29(45)47-8-7-27(44)46-4)42(28-38-14-20(15-39-28)21-16-40-41(3)18-21)17-19-9-22(30(32,33)34)11-23(10-19)31(35,36)37/h9-11,14-16,18,24-26H,5-8,12-13,17H2,1-4H3/t24-,25+,26+. The third kappa shape index (κ3) is 8.71. The summed E-state index contributed by atoms with van der Waals surface area (Å²) in [7, 11) is 2.96. The zero-order valence-corrected chi connectivity index (χ0v) is 26.3. The maximum Gasteiger partial charge on any atom is 0.416 e. The van der Waals surface area contributed by atoms with Crippen LogP contribution in [0.15, 0.2) is 43.0 Å². The van der Waals surface area contributed by atoms with Crippen LogP contribution in [0.2, 0.25) is 0 Å². The Bertz CT molecular complexity index is 1480. The predicted octanol–water partition coefficient (Wildman–Crippen LogP) is 6.64. The van der Waals surface area contributed by atoms with Crippen molar-refractivity contribution >= 4 is 18.0 Å². The van der Waals surface area contributed by atoms with E-state index in [1.807, 2.05) is 13.8 Å². The highest BCUT2D eigenvalue weighted by Gasteiger charge is 2.41. The van der Waals surface area contributed by atoms with Crippen molar-refractivity contribution in [3.63, 3.8) is 0 Å². The summed E-state index contributed by atoms with van der Waals surface area (Å²) >= 11 is 0. The van der Waals surface area contributed by atoms with E-state index >= 15 is 0 Å². The van der Waals surface area contributed by atoms with E-state index < -0.39 is 53.7 Å². The Morgan fingerprint density at radius 2 is 1.49 bits per heavy atom. The number of ether oxygens (including phenoxy) is 2. The van der Waals surface area contributed by atoms with Crippen LogP contribution in [0.5, 0.6) is 0 Å². The van der Waals surface area contributed by atoms with E-state index in [0.29, 0.717) is 43.4 Å². The Balaban J connectivity index is 1.71. The summed E-state index contributed by atoms with van der Waals surface area (Å²) < 4.78 is 94.0. The largest absolute Gasteiger partial charge is 0.469 e. The first-order valence-electron chi connectivity index (χ1n) is 15.0. The van der Waals surface area contributed by atoms with E-state index in [1.54, 1.807) is 33.9 Å². The highest BCUT2D eigenvalue weighted by Crippen LogP contribution is 2.38. The lowest BCUT2D eigenvalue weighted by atomic mass is 9.87. The number of likely N-dealkylation sites (tertiary alicyclic amines) is 1. The summed E-state index contributed by atoms with van der Waals surface area (Å²) in [6.07, 6.45) is -2.81. The molecule has 4 rings (SSSR count). The van der Waals surface area contributed by atoms with Crippen LogP contribution >= 0.6 is 0 Å². The number of esters is 1. The van der Waals surface area contributed by atoms with E-state index in [9.17, 15) is 35.9 Å². The van der Waals surface area contributed by atoms with Crippen LogP contribution in [0.1, 0.15) is 62.6 Å². The van der Waals surface area contributed by atoms with Crippen LogP contribution in [0.3, 0.4) is 0 Å². The number of halogens is 6. The van der Waals surface area contributed by atoms with Crippen molar-refractivity contribution in [2.45, 2.75) is 83.0 Å². The second-order valence-corrected chi connectivity index (χ2v) is 11.3. The molecule has 0 N–H and O–H groups in total. The smallest absolute Gasteiger partial charge is 0.416 e. The van der Waals surface area contributed by atoms with Gasteiger partial charge in [0.25, 0.3) is 0 Å². The molecule has 1 saturated heterocycles. The van der Waals surface area contributed by atoms with Gasteiger partial charge in [-0.1, -0.05) is 13.8 Å². The molecule has 3 heterocycles. The molecule has 10 nitrogen and oxygen atoms in total. The fourth-order valence-corrected chi connectivity index (χ4v) is 5.79. The summed E-state index contributed by atoms with van der Waals surface area (Å²) in [5.41, 5.74) is -1.73. The molecule has 1 aliphatic heterocycles. The number of nitrogens with zero attached hydrogens (tertiary/aromatic N) is 6. The number of carbonyl (C=O) groups excluding carboxylic acids is 2. The lowest BCUT2D eigenvalue weighted by molar-refractivity contribution is -0.143. The maximum atomic E-state index is 13.7. The van der Waals surface area contributed by atoms with Gasteiger partial charge in [-0.2, -0.15) is 31.4 Å². The van der Waals surface area contributed by atoms with Crippen LogP contribution in [-0.4, -0.2) is 68.6 Å². The lowest BCUT2D eigenvalue weighted by Crippen LogP contribution is -2.57. The lowest BCUT2D eigenvalue weighted by Gasteiger charge is -2.47. The Labute approximate surface area is 267 Å². The van der Waals surface area contributed by atoms with Crippen molar-refractivity contribution in [2.24, 2.45) is 7.05 Å². The molecule has 0 spiro atoms. The van der Waals surface area contributed by atoms with Gasteiger partial charge in [0.2, 0.25) is 5.95 Å². The average Bonchev–Trinajstić information content (AvgIpc) is 3.47. The number of amides is 1. The number of alkyl halides is 6. The molecule has 1 fully saturated rings. The normalized spacial score (nSPS) is 18.6. The van der Waals surface area contributed by atoms with Crippen LogP contribution in [0.4, 0.5) is 37.1 Å². The number of anilines is 1. The molecule has 1 aliphatic rings. The number of rotatable bonds is 10. The minimum Gasteiger partial charge on any atom is -0.469 e. The van der Waals surface area contributed by atoms with Crippen molar-refractivity contribution < 1.29 is 45.4 Å². The van der Waals surface area contributed by atoms with E-state index in [2.05, 4.69) is 19.8 Å². The highest BCUT2D eigenvalue weighted by atomic mass is 19.4. The third-order valence-electron chi connectivity index (χ3n) is 8.16. The van der Waals surface area contributed by atoms with Crippen molar-refractivity contribution in [2.75, 3.05) is 18.6 Å². The number of hydrogen-bond acceptors (Lipinski definition) is 8. The first-order valence-corrected chi connectivity index (χ1v) is 15.0. The zero-order valence-electron chi connectivity index (χ0n) is 26.3. The molecule has 1 aromatic carbocycles. The van der Waals surface area contributed by atoms with Crippen molar-refractivity contribution in [1.82, 2.24) is 24.6 Å². The highest BCUT2D eigenvalue weighted by molar-refractivity contribution is 5.71. The molecular formula is C31H36F6N6O4. The van der Waals surface area contributed by atoms with Gasteiger partial charge >= 0.3 is 24.4 Å². The molecule has 3 atom stereocenters. The van der Waals surface area contributed by atoms with Gasteiger partial charge in [-0.25, -0.2) is 14.8 Å². The summed E-state index contributed by atoms with van der Waals surface area (Å²) in [5, 5.41) is 4.13. The van der Waals surface area contributed by atoms with E-state index in [-0.39, 0.29) is 37.2 Å². The monoisotopic (exact) mass is 670 g/mol. The molecule has 0 radical (unpaired) electrons. The molecular weight excluding hydrogens is 634 g/mol. The Morgan fingerprint density at radius 3 is 1.96 bits per heavy atom. The van der Waals surface area contributed by atoms with E-state index in [0.717, 1.165) is 5.56 Å².